The fourth-order valence-electron chi connectivity index (χ4n) is 1.93. The summed E-state index contributed by atoms with van der Waals surface area (Å²) >= 11 is 3.19. The van der Waals surface area contributed by atoms with Crippen LogP contribution in [0.2, 0.25) is 0 Å². The molecule has 0 aliphatic heterocycles. The molecule has 0 aliphatic carbocycles. The first kappa shape index (κ1) is 15.6. The Morgan fingerprint density at radius 1 is 1.38 bits per heavy atom. The van der Waals surface area contributed by atoms with Crippen LogP contribution in [0.25, 0.3) is 5.69 Å². The molecule has 0 bridgehead atoms. The third-order valence-corrected chi connectivity index (χ3v) is 3.50. The Labute approximate surface area is 129 Å². The largest absolute Gasteiger partial charge is 0.390 e. The number of nitrogens with zero attached hydrogens (tertiary/aromatic N) is 3. The molecule has 0 radical (unpaired) electrons. The molecule has 2 rings (SSSR count). The Morgan fingerprint density at radius 2 is 2.10 bits per heavy atom. The monoisotopic (exact) mass is 355 g/mol. The number of halogens is 1. The van der Waals surface area contributed by atoms with Crippen molar-refractivity contribution in [1.82, 2.24) is 9.78 Å². The first-order chi connectivity index (χ1) is 10.0. The molecule has 0 saturated heterocycles. The third kappa shape index (κ3) is 3.46. The summed E-state index contributed by atoms with van der Waals surface area (Å²) in [6.45, 7) is 0. The van der Waals surface area contributed by atoms with Gasteiger partial charge in [-0.1, -0.05) is 28.1 Å². The van der Waals surface area contributed by atoms with Gasteiger partial charge in [-0.15, -0.1) is 0 Å². The minimum Gasteiger partial charge on any atom is -0.390 e. The number of hydrogen-bond acceptors (Lipinski definition) is 5. The Hall–Kier alpha value is -1.77. The average molecular weight is 356 g/mol. The van der Waals surface area contributed by atoms with Gasteiger partial charge < -0.3 is 10.2 Å². The van der Waals surface area contributed by atoms with Gasteiger partial charge in [-0.05, 0) is 12.5 Å². The van der Waals surface area contributed by atoms with E-state index in [0.717, 1.165) is 0 Å². The van der Waals surface area contributed by atoms with Crippen molar-refractivity contribution in [1.29, 1.82) is 0 Å². The Kier molecular flexibility index (Phi) is 5.05. The number of nitro benzene ring substituents is 1. The molecule has 2 aromatic rings. The summed E-state index contributed by atoms with van der Waals surface area (Å²) in [4.78, 5) is 10.5. The van der Waals surface area contributed by atoms with Gasteiger partial charge >= 0.3 is 0 Å². The smallest absolute Gasteiger partial charge is 0.294 e. The number of aliphatic hydroxyl groups is 2. The second-order valence-electron chi connectivity index (χ2n) is 4.45. The average Bonchev–Trinajstić information content (AvgIpc) is 2.96. The molecular formula is C13H14BrN3O4. The number of hydrogen-bond donors (Lipinski definition) is 2. The van der Waals surface area contributed by atoms with E-state index in [1.807, 2.05) is 0 Å². The van der Waals surface area contributed by atoms with Gasteiger partial charge in [0.05, 0.1) is 17.2 Å². The summed E-state index contributed by atoms with van der Waals surface area (Å²) < 4.78 is 1.32. The summed E-state index contributed by atoms with van der Waals surface area (Å²) in [7, 11) is 0. The lowest BCUT2D eigenvalue weighted by molar-refractivity contribution is -0.384. The Morgan fingerprint density at radius 3 is 2.76 bits per heavy atom. The zero-order valence-electron chi connectivity index (χ0n) is 11.0. The molecule has 2 N–H and O–H groups in total. The molecule has 112 valence electrons. The summed E-state index contributed by atoms with van der Waals surface area (Å²) in [5, 5.41) is 35.3. The highest BCUT2D eigenvalue weighted by molar-refractivity contribution is 9.09. The second-order valence-corrected chi connectivity index (χ2v) is 5.25. The predicted octanol–water partition coefficient (Wildman–Crippen LogP) is 1.96. The van der Waals surface area contributed by atoms with E-state index < -0.39 is 17.1 Å². The molecule has 1 aromatic heterocycles. The van der Waals surface area contributed by atoms with E-state index in [1.54, 1.807) is 18.2 Å². The molecule has 2 unspecified atom stereocenters. The number of para-hydroxylation sites is 2. The van der Waals surface area contributed by atoms with Crippen molar-refractivity contribution in [3.05, 3.63) is 52.3 Å². The minimum absolute atomic E-state index is 0.0809. The Balaban J connectivity index is 2.30. The highest BCUT2D eigenvalue weighted by Gasteiger charge is 2.21. The van der Waals surface area contributed by atoms with Crippen LogP contribution in [0.15, 0.2) is 36.7 Å². The van der Waals surface area contributed by atoms with E-state index in [4.69, 9.17) is 0 Å². The van der Waals surface area contributed by atoms with Gasteiger partial charge in [0.15, 0.2) is 0 Å². The minimum atomic E-state index is -1.08. The van der Waals surface area contributed by atoms with Gasteiger partial charge in [0, 0.05) is 23.2 Å². The lowest BCUT2D eigenvalue weighted by Gasteiger charge is -2.14. The third-order valence-electron chi connectivity index (χ3n) is 3.04. The Bertz CT molecular complexity index is 631. The van der Waals surface area contributed by atoms with Crippen molar-refractivity contribution >= 4 is 21.6 Å². The van der Waals surface area contributed by atoms with Crippen molar-refractivity contribution in [3.63, 3.8) is 0 Å². The maximum absolute atomic E-state index is 11.0. The standard InChI is InChI=1S/C13H14BrN3O4/c14-6-5-12(18)13(19)9-7-15-16(8-9)10-3-1-2-4-11(10)17(20)21/h1-4,7-8,12-13,18-19H,5-6H2. The molecule has 1 heterocycles. The van der Waals surface area contributed by atoms with Crippen LogP contribution in [0.4, 0.5) is 5.69 Å². The van der Waals surface area contributed by atoms with Crippen molar-refractivity contribution < 1.29 is 15.1 Å². The van der Waals surface area contributed by atoms with Gasteiger partial charge in [-0.2, -0.15) is 5.10 Å². The van der Waals surface area contributed by atoms with Crippen LogP contribution in [0.5, 0.6) is 0 Å². The molecule has 0 spiro atoms. The van der Waals surface area contributed by atoms with Gasteiger partial charge in [0.2, 0.25) is 0 Å². The quantitative estimate of drug-likeness (QED) is 0.468. The first-order valence-electron chi connectivity index (χ1n) is 6.25. The number of rotatable bonds is 6. The van der Waals surface area contributed by atoms with Crippen LogP contribution >= 0.6 is 15.9 Å². The van der Waals surface area contributed by atoms with E-state index in [1.165, 1.54) is 23.1 Å². The molecule has 2 atom stereocenters. The van der Waals surface area contributed by atoms with E-state index in [0.29, 0.717) is 23.0 Å². The number of aliphatic hydroxyl groups excluding tert-OH is 2. The number of aromatic nitrogens is 2. The zero-order chi connectivity index (χ0) is 15.4. The lowest BCUT2D eigenvalue weighted by Crippen LogP contribution is -2.18. The molecular weight excluding hydrogens is 342 g/mol. The van der Waals surface area contributed by atoms with Gasteiger partial charge in [-0.25, -0.2) is 4.68 Å². The van der Waals surface area contributed by atoms with Crippen LogP contribution < -0.4 is 0 Å². The fourth-order valence-corrected chi connectivity index (χ4v) is 2.39. The highest BCUT2D eigenvalue weighted by Crippen LogP contribution is 2.24. The number of benzene rings is 1. The highest BCUT2D eigenvalue weighted by atomic mass is 79.9. The topological polar surface area (TPSA) is 101 Å². The molecule has 0 aliphatic rings. The van der Waals surface area contributed by atoms with Crippen LogP contribution in [-0.4, -0.2) is 36.4 Å². The van der Waals surface area contributed by atoms with E-state index >= 15 is 0 Å². The molecule has 8 heteroatoms. The van der Waals surface area contributed by atoms with Crippen LogP contribution in [-0.2, 0) is 0 Å². The number of nitro groups is 1. The van der Waals surface area contributed by atoms with E-state index in [9.17, 15) is 20.3 Å². The molecule has 0 amide bonds. The maximum atomic E-state index is 11.0. The van der Waals surface area contributed by atoms with Crippen molar-refractivity contribution in [3.8, 4) is 5.69 Å². The lowest BCUT2D eigenvalue weighted by atomic mass is 10.1. The summed E-state index contributed by atoms with van der Waals surface area (Å²) in [6.07, 6.45) is 1.24. The zero-order valence-corrected chi connectivity index (χ0v) is 12.5. The summed E-state index contributed by atoms with van der Waals surface area (Å²) in [5.74, 6) is 0. The molecule has 21 heavy (non-hydrogen) atoms. The normalized spacial score (nSPS) is 13.9. The van der Waals surface area contributed by atoms with Crippen molar-refractivity contribution in [2.45, 2.75) is 18.6 Å². The summed E-state index contributed by atoms with van der Waals surface area (Å²) in [5.41, 5.74) is 0.625. The fraction of sp³-hybridized carbons (Fsp3) is 0.308. The van der Waals surface area contributed by atoms with E-state index in [-0.39, 0.29) is 5.69 Å². The van der Waals surface area contributed by atoms with Crippen molar-refractivity contribution in [2.24, 2.45) is 0 Å². The SMILES string of the molecule is O=[N+]([O-])c1ccccc1-n1cc(C(O)C(O)CCBr)cn1. The summed E-state index contributed by atoms with van der Waals surface area (Å²) in [6, 6.07) is 6.18. The van der Waals surface area contributed by atoms with Gasteiger partial charge in [0.1, 0.15) is 11.8 Å². The molecule has 1 aromatic carbocycles. The second kappa shape index (κ2) is 6.79. The number of alkyl halides is 1. The molecule has 0 saturated carbocycles. The van der Waals surface area contributed by atoms with Gasteiger partial charge in [-0.3, -0.25) is 10.1 Å². The van der Waals surface area contributed by atoms with Crippen LogP contribution in [0.1, 0.15) is 18.1 Å². The predicted molar refractivity (Wildman–Crippen MR) is 79.6 cm³/mol. The molecule has 7 nitrogen and oxygen atoms in total. The maximum Gasteiger partial charge on any atom is 0.294 e. The van der Waals surface area contributed by atoms with Crippen molar-refractivity contribution in [2.75, 3.05) is 5.33 Å². The first-order valence-corrected chi connectivity index (χ1v) is 7.37. The van der Waals surface area contributed by atoms with E-state index in [2.05, 4.69) is 21.0 Å². The van der Waals surface area contributed by atoms with Crippen LogP contribution in [0, 0.1) is 10.1 Å². The molecule has 0 fully saturated rings. The van der Waals surface area contributed by atoms with Gasteiger partial charge in [0.25, 0.3) is 5.69 Å². The van der Waals surface area contributed by atoms with Crippen LogP contribution in [0.3, 0.4) is 0 Å².